The van der Waals surface area contributed by atoms with Gasteiger partial charge in [0.25, 0.3) is 11.8 Å². The molecular weight excluding hydrogens is 416 g/mol. The van der Waals surface area contributed by atoms with Gasteiger partial charge in [0.2, 0.25) is 0 Å². The molecule has 2 amide bonds. The first kappa shape index (κ1) is 20.4. The fraction of sp³-hybridized carbons (Fsp3) is 0.167. The van der Waals surface area contributed by atoms with Crippen molar-refractivity contribution < 1.29 is 9.59 Å². The van der Waals surface area contributed by atoms with Crippen molar-refractivity contribution in [2.75, 3.05) is 11.9 Å². The van der Waals surface area contributed by atoms with E-state index in [-0.39, 0.29) is 11.8 Å². The van der Waals surface area contributed by atoms with Crippen LogP contribution in [-0.4, -0.2) is 23.3 Å². The summed E-state index contributed by atoms with van der Waals surface area (Å²) in [5.41, 5.74) is 4.88. The maximum absolute atomic E-state index is 13.2. The molecule has 0 saturated heterocycles. The first-order valence-corrected chi connectivity index (χ1v) is 10.9. The van der Waals surface area contributed by atoms with Crippen molar-refractivity contribution in [1.82, 2.24) is 4.90 Å². The van der Waals surface area contributed by atoms with Gasteiger partial charge in [-0.15, -0.1) is 11.3 Å². The average molecular weight is 437 g/mol. The summed E-state index contributed by atoms with van der Waals surface area (Å²) >= 11 is 7.40. The van der Waals surface area contributed by atoms with Gasteiger partial charge in [-0.2, -0.15) is 0 Å². The highest BCUT2D eigenvalue weighted by atomic mass is 35.5. The second-order valence-corrected chi connectivity index (χ2v) is 8.67. The summed E-state index contributed by atoms with van der Waals surface area (Å²) in [7, 11) is 0. The summed E-state index contributed by atoms with van der Waals surface area (Å²) in [6.45, 7) is 4.37. The molecule has 1 aromatic heterocycles. The monoisotopic (exact) mass is 436 g/mol. The lowest BCUT2D eigenvalue weighted by Gasteiger charge is -2.15. The zero-order valence-electron chi connectivity index (χ0n) is 16.7. The Balaban J connectivity index is 1.62. The topological polar surface area (TPSA) is 49.4 Å². The third-order valence-electron chi connectivity index (χ3n) is 5.25. The van der Waals surface area contributed by atoms with E-state index in [2.05, 4.69) is 5.32 Å². The summed E-state index contributed by atoms with van der Waals surface area (Å²) in [6, 6.07) is 17.1. The summed E-state index contributed by atoms with van der Waals surface area (Å²) in [5.74, 6) is -0.557. The number of amides is 2. The Morgan fingerprint density at radius 3 is 2.40 bits per heavy atom. The van der Waals surface area contributed by atoms with E-state index in [4.69, 9.17) is 11.6 Å². The van der Waals surface area contributed by atoms with E-state index in [1.54, 1.807) is 0 Å². The van der Waals surface area contributed by atoms with E-state index in [0.717, 1.165) is 21.7 Å². The van der Waals surface area contributed by atoms with E-state index < -0.39 is 0 Å². The second-order valence-electron chi connectivity index (χ2n) is 7.29. The minimum Gasteiger partial charge on any atom is -0.350 e. The van der Waals surface area contributed by atoms with Crippen molar-refractivity contribution in [2.45, 2.75) is 20.3 Å². The van der Waals surface area contributed by atoms with Crippen LogP contribution in [0.25, 0.3) is 5.57 Å². The summed E-state index contributed by atoms with van der Waals surface area (Å²) in [6.07, 6.45) is 0.573. The van der Waals surface area contributed by atoms with Crippen LogP contribution in [0.15, 0.2) is 65.7 Å². The van der Waals surface area contributed by atoms with Crippen molar-refractivity contribution in [2.24, 2.45) is 0 Å². The van der Waals surface area contributed by atoms with Crippen LogP contribution >= 0.6 is 22.9 Å². The summed E-state index contributed by atoms with van der Waals surface area (Å²) in [4.78, 5) is 28.5. The standard InChI is InChI=1S/C24H21ClN2O2S/c1-15-5-10-19(14-16(15)2)26-22-21(20-4-3-13-30-20)23(28)27(24(22)29)12-11-17-6-8-18(25)9-7-17/h3-10,13-14,26H,11-12H2,1-2H3. The number of carbonyl (C=O) groups excluding carboxylic acids is 2. The first-order valence-electron chi connectivity index (χ1n) is 9.67. The molecular formula is C24H21ClN2O2S. The lowest BCUT2D eigenvalue weighted by molar-refractivity contribution is -0.136. The summed E-state index contributed by atoms with van der Waals surface area (Å²) in [5, 5.41) is 5.79. The molecule has 1 N–H and O–H groups in total. The van der Waals surface area contributed by atoms with Crippen molar-refractivity contribution in [1.29, 1.82) is 0 Å². The molecule has 4 nitrogen and oxygen atoms in total. The molecule has 2 heterocycles. The number of nitrogens with zero attached hydrogens (tertiary/aromatic N) is 1. The molecule has 2 aromatic carbocycles. The van der Waals surface area contributed by atoms with Gasteiger partial charge in [-0.25, -0.2) is 0 Å². The number of hydrogen-bond donors (Lipinski definition) is 1. The van der Waals surface area contributed by atoms with Crippen LogP contribution < -0.4 is 5.32 Å². The number of halogens is 1. The second kappa shape index (κ2) is 8.46. The molecule has 3 aromatic rings. The Hall–Kier alpha value is -2.89. The van der Waals surface area contributed by atoms with Gasteiger partial charge < -0.3 is 5.32 Å². The molecule has 0 aliphatic carbocycles. The number of benzene rings is 2. The van der Waals surface area contributed by atoms with Crippen molar-refractivity contribution in [3.63, 3.8) is 0 Å². The zero-order valence-corrected chi connectivity index (χ0v) is 18.3. The van der Waals surface area contributed by atoms with Crippen LogP contribution in [0.5, 0.6) is 0 Å². The quantitative estimate of drug-likeness (QED) is 0.522. The van der Waals surface area contributed by atoms with Crippen LogP contribution in [0.4, 0.5) is 5.69 Å². The molecule has 0 fully saturated rings. The van der Waals surface area contributed by atoms with Crippen molar-refractivity contribution >= 4 is 46.0 Å². The van der Waals surface area contributed by atoms with E-state index in [0.29, 0.717) is 29.3 Å². The van der Waals surface area contributed by atoms with E-state index in [9.17, 15) is 9.59 Å². The number of aryl methyl sites for hydroxylation is 2. The minimum absolute atomic E-state index is 0.261. The van der Waals surface area contributed by atoms with Gasteiger partial charge in [0.05, 0.1) is 5.57 Å². The van der Waals surface area contributed by atoms with Crippen LogP contribution in [0, 0.1) is 13.8 Å². The largest absolute Gasteiger partial charge is 0.350 e. The lowest BCUT2D eigenvalue weighted by Crippen LogP contribution is -2.34. The Kier molecular flexibility index (Phi) is 5.75. The molecule has 0 saturated carbocycles. The molecule has 152 valence electrons. The van der Waals surface area contributed by atoms with Gasteiger partial charge in [0.1, 0.15) is 5.70 Å². The molecule has 0 spiro atoms. The number of thiophene rings is 1. The van der Waals surface area contributed by atoms with Gasteiger partial charge in [0.15, 0.2) is 0 Å². The third kappa shape index (κ3) is 4.04. The number of nitrogens with one attached hydrogen (secondary N) is 1. The van der Waals surface area contributed by atoms with Crippen LogP contribution in [-0.2, 0) is 16.0 Å². The fourth-order valence-electron chi connectivity index (χ4n) is 3.40. The van der Waals surface area contributed by atoms with Crippen LogP contribution in [0.3, 0.4) is 0 Å². The highest BCUT2D eigenvalue weighted by Gasteiger charge is 2.39. The molecule has 1 aliphatic heterocycles. The number of hydrogen-bond acceptors (Lipinski definition) is 4. The highest BCUT2D eigenvalue weighted by molar-refractivity contribution is 7.11. The average Bonchev–Trinajstić information content (AvgIpc) is 3.32. The maximum Gasteiger partial charge on any atom is 0.278 e. The van der Waals surface area contributed by atoms with Gasteiger partial charge >= 0.3 is 0 Å². The predicted molar refractivity (Wildman–Crippen MR) is 123 cm³/mol. The smallest absolute Gasteiger partial charge is 0.278 e. The molecule has 0 bridgehead atoms. The lowest BCUT2D eigenvalue weighted by atomic mass is 10.1. The first-order chi connectivity index (χ1) is 14.4. The summed E-state index contributed by atoms with van der Waals surface area (Å²) < 4.78 is 0. The molecule has 0 radical (unpaired) electrons. The Morgan fingerprint density at radius 1 is 0.967 bits per heavy atom. The normalized spacial score (nSPS) is 14.0. The van der Waals surface area contributed by atoms with Gasteiger partial charge in [-0.1, -0.05) is 35.9 Å². The number of anilines is 1. The van der Waals surface area contributed by atoms with E-state index in [1.807, 2.05) is 73.8 Å². The number of rotatable bonds is 6. The Labute approximate surface area is 184 Å². The highest BCUT2D eigenvalue weighted by Crippen LogP contribution is 2.33. The Morgan fingerprint density at radius 2 is 1.73 bits per heavy atom. The van der Waals surface area contributed by atoms with Crippen LogP contribution in [0.2, 0.25) is 5.02 Å². The molecule has 1 aliphatic rings. The van der Waals surface area contributed by atoms with E-state index >= 15 is 0 Å². The molecule has 4 rings (SSSR count). The van der Waals surface area contributed by atoms with Crippen molar-refractivity contribution in [3.05, 3.63) is 92.3 Å². The molecule has 30 heavy (non-hydrogen) atoms. The van der Waals surface area contributed by atoms with Gasteiger partial charge in [-0.3, -0.25) is 14.5 Å². The van der Waals surface area contributed by atoms with Crippen molar-refractivity contribution in [3.8, 4) is 0 Å². The Bertz CT molecular complexity index is 1130. The SMILES string of the molecule is Cc1ccc(NC2=C(c3cccs3)C(=O)N(CCc3ccc(Cl)cc3)C2=O)cc1C. The predicted octanol–water partition coefficient (Wildman–Crippen LogP) is 5.45. The minimum atomic E-state index is -0.296. The molecule has 0 unspecified atom stereocenters. The van der Waals surface area contributed by atoms with Gasteiger partial charge in [-0.05, 0) is 72.7 Å². The zero-order chi connectivity index (χ0) is 21.3. The molecule has 6 heteroatoms. The van der Waals surface area contributed by atoms with Gasteiger partial charge in [0, 0.05) is 22.1 Å². The number of imide groups is 1. The third-order valence-corrected chi connectivity index (χ3v) is 6.39. The molecule has 0 atom stereocenters. The fourth-order valence-corrected chi connectivity index (χ4v) is 4.29. The number of carbonyl (C=O) groups is 2. The van der Waals surface area contributed by atoms with E-state index in [1.165, 1.54) is 21.8 Å². The maximum atomic E-state index is 13.2. The van der Waals surface area contributed by atoms with Crippen LogP contribution in [0.1, 0.15) is 21.6 Å².